The van der Waals surface area contributed by atoms with E-state index >= 15 is 0 Å². The van der Waals surface area contributed by atoms with Crippen LogP contribution in [0.3, 0.4) is 0 Å². The van der Waals surface area contributed by atoms with Crippen LogP contribution in [0.4, 0.5) is 0 Å². The molecule has 0 aliphatic rings. The van der Waals surface area contributed by atoms with Crippen LogP contribution in [-0.4, -0.2) is 32.5 Å². The van der Waals surface area contributed by atoms with Gasteiger partial charge in [0.2, 0.25) is 0 Å². The van der Waals surface area contributed by atoms with Gasteiger partial charge < -0.3 is 0 Å². The molecule has 0 bridgehead atoms. The standard InChI is InChI=1S/C27H21NO2Se/c1-18(29)28-25-17-22(30-2)14-15-24(25)27(31-23-10-4-3-5-11-23)26(28)21-13-12-19-8-6-7-9-20(19)16-21/h3-17H,1-2H3. The number of ether oxygens (including phenoxy) is 1. The fourth-order valence-corrected chi connectivity index (χ4v) is 6.34. The zero-order chi connectivity index (χ0) is 21.4. The minimum absolute atomic E-state index is 0.00322. The third-order valence-electron chi connectivity index (χ3n) is 5.43. The Morgan fingerprint density at radius 2 is 1.58 bits per heavy atom. The molecule has 0 saturated heterocycles. The number of benzene rings is 4. The number of carbonyl (C=O) groups is 1. The first-order valence-corrected chi connectivity index (χ1v) is 11.8. The van der Waals surface area contributed by atoms with Crippen LogP contribution in [0.5, 0.6) is 5.75 Å². The Hall–Kier alpha value is -3.33. The Bertz CT molecular complexity index is 1420. The number of nitrogens with zero attached hydrogens (tertiary/aromatic N) is 1. The van der Waals surface area contributed by atoms with Gasteiger partial charge in [0.1, 0.15) is 0 Å². The monoisotopic (exact) mass is 471 g/mol. The molecule has 0 N–H and O–H groups in total. The first-order chi connectivity index (χ1) is 15.2. The second-order valence-electron chi connectivity index (χ2n) is 7.39. The maximum atomic E-state index is 12.9. The second-order valence-corrected chi connectivity index (χ2v) is 9.67. The van der Waals surface area contributed by atoms with Crippen LogP contribution < -0.4 is 13.7 Å². The Kier molecular flexibility index (Phi) is 5.11. The number of fused-ring (bicyclic) bond motifs is 2. The van der Waals surface area contributed by atoms with Crippen LogP contribution in [-0.2, 0) is 0 Å². The van der Waals surface area contributed by atoms with Gasteiger partial charge >= 0.3 is 188 Å². The molecular formula is C27H21NO2Se. The van der Waals surface area contributed by atoms with Crippen molar-refractivity contribution >= 4 is 51.5 Å². The first kappa shape index (κ1) is 19.6. The molecule has 4 heteroatoms. The van der Waals surface area contributed by atoms with E-state index in [-0.39, 0.29) is 20.9 Å². The third kappa shape index (κ3) is 3.54. The van der Waals surface area contributed by atoms with Gasteiger partial charge in [-0.15, -0.1) is 0 Å². The SMILES string of the molecule is COc1ccc2c([Se]c3ccccc3)c(-c3ccc4ccccc4c3)n(C(C)=O)c2c1. The van der Waals surface area contributed by atoms with Crippen LogP contribution in [0.15, 0.2) is 91.0 Å². The van der Waals surface area contributed by atoms with Gasteiger partial charge in [0.05, 0.1) is 0 Å². The predicted molar refractivity (Wildman–Crippen MR) is 129 cm³/mol. The maximum absolute atomic E-state index is 12.9. The number of rotatable bonds is 4. The molecule has 0 amide bonds. The molecule has 5 aromatic rings. The molecule has 3 nitrogen and oxygen atoms in total. The summed E-state index contributed by atoms with van der Waals surface area (Å²) in [4.78, 5) is 12.9. The van der Waals surface area contributed by atoms with E-state index in [0.29, 0.717) is 0 Å². The van der Waals surface area contributed by atoms with Crippen molar-refractivity contribution < 1.29 is 9.53 Å². The molecule has 0 saturated carbocycles. The summed E-state index contributed by atoms with van der Waals surface area (Å²) < 4.78 is 9.80. The average Bonchev–Trinajstić information content (AvgIpc) is 3.13. The normalized spacial score (nSPS) is 11.2. The Morgan fingerprint density at radius 3 is 2.32 bits per heavy atom. The number of carbonyl (C=O) groups excluding carboxylic acids is 1. The summed E-state index contributed by atoms with van der Waals surface area (Å²) in [6.07, 6.45) is 0. The molecule has 1 heterocycles. The molecule has 0 spiro atoms. The van der Waals surface area contributed by atoms with Crippen molar-refractivity contribution in [2.75, 3.05) is 7.11 Å². The van der Waals surface area contributed by atoms with Crippen molar-refractivity contribution in [2.45, 2.75) is 6.92 Å². The fraction of sp³-hybridized carbons (Fsp3) is 0.0741. The predicted octanol–water partition coefficient (Wildman–Crippen LogP) is 4.79. The zero-order valence-corrected chi connectivity index (χ0v) is 19.0. The fourth-order valence-electron chi connectivity index (χ4n) is 4.00. The van der Waals surface area contributed by atoms with Crippen LogP contribution in [0.25, 0.3) is 32.9 Å². The van der Waals surface area contributed by atoms with Gasteiger partial charge in [-0.1, -0.05) is 0 Å². The molecule has 1 aromatic heterocycles. The zero-order valence-electron chi connectivity index (χ0n) is 17.3. The van der Waals surface area contributed by atoms with Crippen LogP contribution in [0, 0.1) is 0 Å². The Labute approximate surface area is 187 Å². The molecule has 5 rings (SSSR count). The summed E-state index contributed by atoms with van der Waals surface area (Å²) in [7, 11) is 1.65. The minimum atomic E-state index is -0.00322. The third-order valence-corrected chi connectivity index (χ3v) is 7.79. The number of methoxy groups -OCH3 is 1. The molecule has 0 unspecified atom stereocenters. The molecule has 31 heavy (non-hydrogen) atoms. The van der Waals surface area contributed by atoms with Gasteiger partial charge in [0.25, 0.3) is 0 Å². The van der Waals surface area contributed by atoms with E-state index in [1.807, 2.05) is 34.9 Å². The van der Waals surface area contributed by atoms with Gasteiger partial charge in [-0.3, -0.25) is 0 Å². The van der Waals surface area contributed by atoms with E-state index in [0.717, 1.165) is 33.3 Å². The molecule has 0 aliphatic heterocycles. The number of aromatic nitrogens is 1. The molecule has 4 aromatic carbocycles. The van der Waals surface area contributed by atoms with Crippen LogP contribution in [0.1, 0.15) is 11.7 Å². The van der Waals surface area contributed by atoms with Crippen molar-refractivity contribution in [1.82, 2.24) is 4.57 Å². The Balaban J connectivity index is 1.84. The summed E-state index contributed by atoms with van der Waals surface area (Å²) >= 11 is 0.0375. The topological polar surface area (TPSA) is 31.2 Å². The van der Waals surface area contributed by atoms with Gasteiger partial charge in [-0.05, 0) is 0 Å². The van der Waals surface area contributed by atoms with E-state index in [4.69, 9.17) is 4.74 Å². The van der Waals surface area contributed by atoms with Crippen molar-refractivity contribution in [3.8, 4) is 17.0 Å². The molecule has 152 valence electrons. The summed E-state index contributed by atoms with van der Waals surface area (Å²) in [5.74, 6) is 0.743. The second kappa shape index (κ2) is 8.07. The molecular weight excluding hydrogens is 449 g/mol. The van der Waals surface area contributed by atoms with Crippen molar-refractivity contribution in [2.24, 2.45) is 0 Å². The van der Waals surface area contributed by atoms with E-state index in [1.165, 1.54) is 14.3 Å². The quantitative estimate of drug-likeness (QED) is 0.354. The first-order valence-electron chi connectivity index (χ1n) is 10.1. The number of hydrogen-bond donors (Lipinski definition) is 0. The van der Waals surface area contributed by atoms with Gasteiger partial charge in [0.15, 0.2) is 0 Å². The van der Waals surface area contributed by atoms with E-state index in [2.05, 4.69) is 60.7 Å². The van der Waals surface area contributed by atoms with Gasteiger partial charge in [-0.2, -0.15) is 0 Å². The summed E-state index contributed by atoms with van der Waals surface area (Å²) in [6, 6.07) is 31.3. The van der Waals surface area contributed by atoms with Crippen molar-refractivity contribution in [3.05, 3.63) is 91.0 Å². The van der Waals surface area contributed by atoms with Crippen LogP contribution >= 0.6 is 0 Å². The van der Waals surface area contributed by atoms with Crippen molar-refractivity contribution in [1.29, 1.82) is 0 Å². The van der Waals surface area contributed by atoms with Gasteiger partial charge in [-0.25, -0.2) is 0 Å². The van der Waals surface area contributed by atoms with E-state index < -0.39 is 0 Å². The van der Waals surface area contributed by atoms with E-state index in [9.17, 15) is 4.79 Å². The van der Waals surface area contributed by atoms with E-state index in [1.54, 1.807) is 14.0 Å². The summed E-state index contributed by atoms with van der Waals surface area (Å²) in [5, 5.41) is 3.45. The molecule has 0 atom stereocenters. The Morgan fingerprint density at radius 1 is 0.839 bits per heavy atom. The number of hydrogen-bond acceptors (Lipinski definition) is 2. The molecule has 0 aliphatic carbocycles. The summed E-state index contributed by atoms with van der Waals surface area (Å²) in [5.41, 5.74) is 2.92. The molecule has 0 radical (unpaired) electrons. The molecule has 0 fully saturated rings. The summed E-state index contributed by atoms with van der Waals surface area (Å²) in [6.45, 7) is 1.63. The van der Waals surface area contributed by atoms with Crippen molar-refractivity contribution in [3.63, 3.8) is 0 Å². The average molecular weight is 470 g/mol. The van der Waals surface area contributed by atoms with Crippen LogP contribution in [0.2, 0.25) is 0 Å². The van der Waals surface area contributed by atoms with Gasteiger partial charge in [0, 0.05) is 0 Å².